The van der Waals surface area contributed by atoms with Gasteiger partial charge in [-0.2, -0.15) is 0 Å². The Hall–Kier alpha value is -0.120. The van der Waals surface area contributed by atoms with E-state index < -0.39 is 0 Å². The lowest BCUT2D eigenvalue weighted by atomic mass is 9.97. The molecule has 6 N–H and O–H groups in total. The first-order chi connectivity index (χ1) is 6.79. The molecule has 2 aliphatic rings. The average molecular weight is 216 g/mol. The number of hydrogen-bond donors (Lipinski definition) is 2. The Morgan fingerprint density at radius 2 is 0.800 bits per heavy atom. The second-order valence-electron chi connectivity index (χ2n) is 4.80. The van der Waals surface area contributed by atoms with Crippen molar-refractivity contribution >= 4 is 0 Å². The van der Waals surface area contributed by atoms with E-state index in [-0.39, 0.29) is 5.48 Å². The Kier molecular flexibility index (Phi) is 9.06. The number of nitrogens with two attached hydrogens (primary N) is 2. The zero-order chi connectivity index (χ0) is 10.2. The molecule has 0 radical (unpaired) electrons. The molecule has 0 bridgehead atoms. The quantitative estimate of drug-likeness (QED) is 0.646. The van der Waals surface area contributed by atoms with Crippen LogP contribution in [0.1, 0.15) is 64.2 Å². The second kappa shape index (κ2) is 9.13. The Bertz CT molecular complexity index is 114. The minimum Gasteiger partial charge on any atom is -0.412 e. The van der Waals surface area contributed by atoms with Crippen LogP contribution in [-0.4, -0.2) is 17.6 Å². The van der Waals surface area contributed by atoms with Crippen LogP contribution >= 0.6 is 0 Å². The fourth-order valence-corrected chi connectivity index (χ4v) is 2.27. The molecular formula is C12H28N2O. The van der Waals surface area contributed by atoms with Crippen molar-refractivity contribution in [3.8, 4) is 0 Å². The monoisotopic (exact) mass is 216 g/mol. The normalized spacial score (nSPS) is 23.6. The largest absolute Gasteiger partial charge is 0.412 e. The molecule has 0 atom stereocenters. The molecule has 15 heavy (non-hydrogen) atoms. The van der Waals surface area contributed by atoms with E-state index in [4.69, 9.17) is 11.5 Å². The molecule has 3 heteroatoms. The lowest BCUT2D eigenvalue weighted by Gasteiger charge is -2.15. The van der Waals surface area contributed by atoms with Crippen molar-refractivity contribution in [1.29, 1.82) is 0 Å². The summed E-state index contributed by atoms with van der Waals surface area (Å²) in [6, 6.07) is 1.07. The van der Waals surface area contributed by atoms with Crippen molar-refractivity contribution in [2.45, 2.75) is 76.3 Å². The van der Waals surface area contributed by atoms with E-state index in [2.05, 4.69) is 0 Å². The van der Waals surface area contributed by atoms with Gasteiger partial charge in [-0.15, -0.1) is 0 Å². The van der Waals surface area contributed by atoms with Crippen molar-refractivity contribution in [1.82, 2.24) is 0 Å². The summed E-state index contributed by atoms with van der Waals surface area (Å²) in [5, 5.41) is 0. The standard InChI is InChI=1S/2C6H13N.H2O/c2*7-6-4-2-1-3-5-6;/h2*6H,1-5,7H2;1H2. The van der Waals surface area contributed by atoms with Crippen LogP contribution in [0.2, 0.25) is 0 Å². The van der Waals surface area contributed by atoms with Gasteiger partial charge in [-0.05, 0) is 25.7 Å². The Balaban J connectivity index is 0.000000245. The third-order valence-corrected chi connectivity index (χ3v) is 3.30. The smallest absolute Gasteiger partial charge is 0.00388 e. The third kappa shape index (κ3) is 7.77. The summed E-state index contributed by atoms with van der Waals surface area (Å²) in [5.41, 5.74) is 11.3. The van der Waals surface area contributed by atoms with Crippen LogP contribution in [0.15, 0.2) is 0 Å². The fraction of sp³-hybridized carbons (Fsp3) is 1.00. The highest BCUT2D eigenvalue weighted by Crippen LogP contribution is 2.15. The molecular weight excluding hydrogens is 188 g/mol. The first kappa shape index (κ1) is 14.9. The molecule has 0 aromatic carbocycles. The van der Waals surface area contributed by atoms with Gasteiger partial charge in [0.05, 0.1) is 0 Å². The zero-order valence-electron chi connectivity index (χ0n) is 9.88. The fourth-order valence-electron chi connectivity index (χ4n) is 2.27. The van der Waals surface area contributed by atoms with Crippen molar-refractivity contribution in [2.24, 2.45) is 11.5 Å². The number of rotatable bonds is 0. The molecule has 0 aromatic rings. The molecule has 0 spiro atoms. The molecule has 2 fully saturated rings. The predicted octanol–water partition coefficient (Wildman–Crippen LogP) is 1.73. The zero-order valence-corrected chi connectivity index (χ0v) is 9.88. The average Bonchev–Trinajstić information content (AvgIpc) is 2.21. The maximum Gasteiger partial charge on any atom is 0.00388 e. The maximum atomic E-state index is 5.63. The van der Waals surface area contributed by atoms with E-state index in [1.807, 2.05) is 0 Å². The van der Waals surface area contributed by atoms with Crippen LogP contribution in [0.5, 0.6) is 0 Å². The summed E-state index contributed by atoms with van der Waals surface area (Å²) in [5.74, 6) is 0. The van der Waals surface area contributed by atoms with Gasteiger partial charge >= 0.3 is 0 Å². The van der Waals surface area contributed by atoms with Crippen molar-refractivity contribution in [3.05, 3.63) is 0 Å². The lowest BCUT2D eigenvalue weighted by molar-refractivity contribution is 0.441. The third-order valence-electron chi connectivity index (χ3n) is 3.30. The highest BCUT2D eigenvalue weighted by atomic mass is 16.0. The van der Waals surface area contributed by atoms with E-state index in [1.54, 1.807) is 0 Å². The van der Waals surface area contributed by atoms with E-state index >= 15 is 0 Å². The van der Waals surface area contributed by atoms with Crippen LogP contribution in [-0.2, 0) is 0 Å². The van der Waals surface area contributed by atoms with Crippen molar-refractivity contribution < 1.29 is 5.48 Å². The lowest BCUT2D eigenvalue weighted by Crippen LogP contribution is -2.22. The van der Waals surface area contributed by atoms with Gasteiger partial charge in [-0.3, -0.25) is 0 Å². The maximum absolute atomic E-state index is 5.63. The molecule has 0 amide bonds. The van der Waals surface area contributed by atoms with Gasteiger partial charge in [-0.25, -0.2) is 0 Å². The van der Waals surface area contributed by atoms with Gasteiger partial charge in [0.25, 0.3) is 0 Å². The van der Waals surface area contributed by atoms with E-state index in [0.29, 0.717) is 12.1 Å². The van der Waals surface area contributed by atoms with Crippen molar-refractivity contribution in [3.63, 3.8) is 0 Å². The van der Waals surface area contributed by atoms with E-state index in [9.17, 15) is 0 Å². The SMILES string of the molecule is NC1CCCCC1.NC1CCCCC1.O. The molecule has 2 aliphatic carbocycles. The van der Waals surface area contributed by atoms with Crippen LogP contribution in [0, 0.1) is 0 Å². The van der Waals surface area contributed by atoms with Gasteiger partial charge in [0.2, 0.25) is 0 Å². The van der Waals surface area contributed by atoms with Crippen LogP contribution in [0.4, 0.5) is 0 Å². The van der Waals surface area contributed by atoms with Gasteiger partial charge in [0.15, 0.2) is 0 Å². The van der Waals surface area contributed by atoms with E-state index in [0.717, 1.165) is 0 Å². The molecule has 92 valence electrons. The summed E-state index contributed by atoms with van der Waals surface area (Å²) < 4.78 is 0. The number of hydrogen-bond acceptors (Lipinski definition) is 2. The van der Waals surface area contributed by atoms with Crippen LogP contribution < -0.4 is 11.5 Å². The minimum absolute atomic E-state index is 0. The Labute approximate surface area is 93.9 Å². The molecule has 0 heterocycles. The summed E-state index contributed by atoms with van der Waals surface area (Å²) in [4.78, 5) is 0. The molecule has 0 saturated heterocycles. The van der Waals surface area contributed by atoms with Crippen molar-refractivity contribution in [2.75, 3.05) is 0 Å². The van der Waals surface area contributed by atoms with Gasteiger partial charge in [0.1, 0.15) is 0 Å². The molecule has 2 saturated carbocycles. The summed E-state index contributed by atoms with van der Waals surface area (Å²) in [6.45, 7) is 0. The second-order valence-corrected chi connectivity index (χ2v) is 4.80. The Morgan fingerprint density at radius 1 is 0.533 bits per heavy atom. The van der Waals surface area contributed by atoms with Crippen LogP contribution in [0.25, 0.3) is 0 Å². The van der Waals surface area contributed by atoms with Gasteiger partial charge in [-0.1, -0.05) is 38.5 Å². The topological polar surface area (TPSA) is 83.5 Å². The predicted molar refractivity (Wildman–Crippen MR) is 65.7 cm³/mol. The first-order valence-electron chi connectivity index (χ1n) is 6.30. The van der Waals surface area contributed by atoms with Gasteiger partial charge in [0, 0.05) is 12.1 Å². The summed E-state index contributed by atoms with van der Waals surface area (Å²) >= 11 is 0. The molecule has 0 aliphatic heterocycles. The minimum atomic E-state index is 0. The Morgan fingerprint density at radius 3 is 0.933 bits per heavy atom. The molecule has 0 aromatic heterocycles. The van der Waals surface area contributed by atoms with E-state index in [1.165, 1.54) is 64.2 Å². The van der Waals surface area contributed by atoms with Gasteiger partial charge < -0.3 is 16.9 Å². The molecule has 0 unspecified atom stereocenters. The molecule has 3 nitrogen and oxygen atoms in total. The highest BCUT2D eigenvalue weighted by molar-refractivity contribution is 4.66. The summed E-state index contributed by atoms with van der Waals surface area (Å²) in [6.07, 6.45) is 13.3. The highest BCUT2D eigenvalue weighted by Gasteiger charge is 2.06. The summed E-state index contributed by atoms with van der Waals surface area (Å²) in [7, 11) is 0. The van der Waals surface area contributed by atoms with Crippen LogP contribution in [0.3, 0.4) is 0 Å². The first-order valence-corrected chi connectivity index (χ1v) is 6.30. The molecule has 2 rings (SSSR count).